The van der Waals surface area contributed by atoms with Crippen LogP contribution in [0.3, 0.4) is 0 Å². The highest BCUT2D eigenvalue weighted by Gasteiger charge is 2.63. The largest absolute Gasteiger partial charge is 0.396 e. The second-order valence-electron chi connectivity index (χ2n) is 10.9. The van der Waals surface area contributed by atoms with Gasteiger partial charge in [-0.1, -0.05) is 40.2 Å². The van der Waals surface area contributed by atoms with Crippen LogP contribution in [0, 0.1) is 28.6 Å². The Morgan fingerprint density at radius 3 is 2.54 bits per heavy atom. The molecule has 1 saturated heterocycles. The third-order valence-electron chi connectivity index (χ3n) is 8.63. The Morgan fingerprint density at radius 1 is 1.15 bits per heavy atom. The summed E-state index contributed by atoms with van der Waals surface area (Å²) < 4.78 is 13.1. The smallest absolute Gasteiger partial charge is 0.164 e. The average molecular weight is 363 g/mol. The lowest BCUT2D eigenvalue weighted by Crippen LogP contribution is -2.58. The predicted octanol–water partition coefficient (Wildman–Crippen LogP) is 5.08. The third-order valence-corrected chi connectivity index (χ3v) is 8.63. The molecule has 3 aliphatic carbocycles. The fourth-order valence-electron chi connectivity index (χ4n) is 7.27. The zero-order valence-electron chi connectivity index (χ0n) is 17.6. The van der Waals surface area contributed by atoms with Gasteiger partial charge in [-0.3, -0.25) is 0 Å². The quantitative estimate of drug-likeness (QED) is 0.696. The molecule has 1 heterocycles. The normalized spacial score (nSPS) is 50.0. The van der Waals surface area contributed by atoms with Crippen molar-refractivity contribution in [3.05, 3.63) is 11.6 Å². The number of aliphatic hydroxyl groups is 1. The van der Waals surface area contributed by atoms with Gasteiger partial charge < -0.3 is 14.6 Å². The van der Waals surface area contributed by atoms with Crippen molar-refractivity contribution in [1.82, 2.24) is 0 Å². The standard InChI is InChI=1S/C23H38O3/c1-15(2)23-13-10-17-16(19(23)25-20(3,4)26-23)8-9-18-21(5,14-24)11-7-12-22(17,18)6/h8,15,17-19,24H,7,9-14H2,1-6H3/t17-,18-,19-,21-,22+,23-/m0/s1. The van der Waals surface area contributed by atoms with Crippen LogP contribution in [0.1, 0.15) is 80.1 Å². The molecule has 3 nitrogen and oxygen atoms in total. The van der Waals surface area contributed by atoms with E-state index in [4.69, 9.17) is 9.47 Å². The van der Waals surface area contributed by atoms with E-state index < -0.39 is 5.79 Å². The third kappa shape index (κ3) is 2.42. The Morgan fingerprint density at radius 2 is 1.88 bits per heavy atom. The van der Waals surface area contributed by atoms with Gasteiger partial charge in [0.05, 0.1) is 0 Å². The van der Waals surface area contributed by atoms with Gasteiger partial charge in [0.2, 0.25) is 0 Å². The first kappa shape index (κ1) is 19.0. The molecule has 2 saturated carbocycles. The first-order chi connectivity index (χ1) is 12.1. The highest BCUT2D eigenvalue weighted by Crippen LogP contribution is 2.65. The van der Waals surface area contributed by atoms with E-state index in [-0.39, 0.29) is 22.5 Å². The van der Waals surface area contributed by atoms with Gasteiger partial charge in [0, 0.05) is 6.61 Å². The minimum Gasteiger partial charge on any atom is -0.396 e. The van der Waals surface area contributed by atoms with Crippen molar-refractivity contribution >= 4 is 0 Å². The SMILES string of the molecule is CC(C)[C@@]12CC[C@H]3C(=CC[C@H]4[C@](C)(CO)CCC[C@]34C)[C@@H]1OC(C)(C)O2. The number of rotatable bonds is 2. The minimum absolute atomic E-state index is 0.0634. The Balaban J connectivity index is 1.75. The molecule has 3 heteroatoms. The van der Waals surface area contributed by atoms with Crippen molar-refractivity contribution in [2.75, 3.05) is 6.61 Å². The molecular weight excluding hydrogens is 324 g/mol. The molecule has 0 amide bonds. The van der Waals surface area contributed by atoms with Gasteiger partial charge in [0.15, 0.2) is 5.79 Å². The van der Waals surface area contributed by atoms with Gasteiger partial charge >= 0.3 is 0 Å². The summed E-state index contributed by atoms with van der Waals surface area (Å²) in [5.41, 5.74) is 1.67. The highest BCUT2D eigenvalue weighted by molar-refractivity contribution is 5.31. The lowest BCUT2D eigenvalue weighted by molar-refractivity contribution is -0.173. The lowest BCUT2D eigenvalue weighted by Gasteiger charge is -2.60. The number of fused-ring (bicyclic) bond motifs is 5. The summed E-state index contributed by atoms with van der Waals surface area (Å²) in [4.78, 5) is 0. The lowest BCUT2D eigenvalue weighted by atomic mass is 9.45. The van der Waals surface area contributed by atoms with Crippen LogP contribution < -0.4 is 0 Å². The number of aliphatic hydroxyl groups excluding tert-OH is 1. The maximum Gasteiger partial charge on any atom is 0.164 e. The molecule has 26 heavy (non-hydrogen) atoms. The van der Waals surface area contributed by atoms with E-state index in [1.807, 2.05) is 0 Å². The number of allylic oxidation sites excluding steroid dienone is 1. The van der Waals surface area contributed by atoms with Crippen LogP contribution in [-0.2, 0) is 9.47 Å². The molecule has 3 fully saturated rings. The molecule has 1 N–H and O–H groups in total. The van der Waals surface area contributed by atoms with E-state index in [9.17, 15) is 5.11 Å². The highest BCUT2D eigenvalue weighted by atomic mass is 16.8. The Hall–Kier alpha value is -0.380. The molecule has 0 aromatic carbocycles. The second-order valence-corrected chi connectivity index (χ2v) is 10.9. The Labute approximate surface area is 159 Å². The van der Waals surface area contributed by atoms with Gasteiger partial charge in [-0.25, -0.2) is 0 Å². The summed E-state index contributed by atoms with van der Waals surface area (Å²) in [5.74, 6) is 1.08. The summed E-state index contributed by atoms with van der Waals surface area (Å²) in [5, 5.41) is 10.2. The van der Waals surface area contributed by atoms with E-state index in [1.54, 1.807) is 0 Å². The molecule has 0 radical (unpaired) electrons. The summed E-state index contributed by atoms with van der Waals surface area (Å²) >= 11 is 0. The van der Waals surface area contributed by atoms with Crippen molar-refractivity contribution in [3.8, 4) is 0 Å². The van der Waals surface area contributed by atoms with E-state index >= 15 is 0 Å². The van der Waals surface area contributed by atoms with E-state index in [2.05, 4.69) is 47.6 Å². The first-order valence-electron chi connectivity index (χ1n) is 10.8. The van der Waals surface area contributed by atoms with Gasteiger partial charge in [0.25, 0.3) is 0 Å². The van der Waals surface area contributed by atoms with Crippen LogP contribution in [0.5, 0.6) is 0 Å². The molecular formula is C23H38O3. The number of hydrogen-bond donors (Lipinski definition) is 1. The fourth-order valence-corrected chi connectivity index (χ4v) is 7.27. The zero-order valence-corrected chi connectivity index (χ0v) is 17.6. The van der Waals surface area contributed by atoms with Crippen molar-refractivity contribution in [2.24, 2.45) is 28.6 Å². The summed E-state index contributed by atoms with van der Waals surface area (Å²) in [6, 6.07) is 0. The predicted molar refractivity (Wildman–Crippen MR) is 104 cm³/mol. The maximum absolute atomic E-state index is 10.2. The van der Waals surface area contributed by atoms with Crippen LogP contribution in [0.2, 0.25) is 0 Å². The van der Waals surface area contributed by atoms with Crippen LogP contribution in [0.25, 0.3) is 0 Å². The Bertz CT molecular complexity index is 609. The van der Waals surface area contributed by atoms with E-state index in [0.29, 0.717) is 24.4 Å². The van der Waals surface area contributed by atoms with Crippen molar-refractivity contribution in [3.63, 3.8) is 0 Å². The molecule has 6 atom stereocenters. The van der Waals surface area contributed by atoms with Crippen molar-refractivity contribution in [2.45, 2.75) is 97.6 Å². The molecule has 0 aromatic heterocycles. The summed E-state index contributed by atoms with van der Waals surface area (Å²) in [6.07, 6.45) is 9.60. The van der Waals surface area contributed by atoms with Crippen molar-refractivity contribution in [1.29, 1.82) is 0 Å². The maximum atomic E-state index is 10.2. The van der Waals surface area contributed by atoms with E-state index in [1.165, 1.54) is 24.8 Å². The van der Waals surface area contributed by atoms with Crippen LogP contribution in [0.15, 0.2) is 11.6 Å². The molecule has 4 aliphatic rings. The van der Waals surface area contributed by atoms with E-state index in [0.717, 1.165) is 19.3 Å². The van der Waals surface area contributed by atoms with Gasteiger partial charge in [-0.05, 0) is 80.1 Å². The first-order valence-corrected chi connectivity index (χ1v) is 10.8. The molecule has 0 aromatic rings. The monoisotopic (exact) mass is 362 g/mol. The molecule has 4 rings (SSSR count). The fraction of sp³-hybridized carbons (Fsp3) is 0.913. The summed E-state index contributed by atoms with van der Waals surface area (Å²) in [7, 11) is 0. The van der Waals surface area contributed by atoms with Gasteiger partial charge in [0.1, 0.15) is 11.7 Å². The number of hydrogen-bond acceptors (Lipinski definition) is 3. The second kappa shape index (κ2) is 5.81. The molecule has 0 unspecified atom stereocenters. The van der Waals surface area contributed by atoms with Crippen LogP contribution >= 0.6 is 0 Å². The van der Waals surface area contributed by atoms with Gasteiger partial charge in [-0.15, -0.1) is 0 Å². The number of ether oxygens (including phenoxy) is 2. The van der Waals surface area contributed by atoms with Crippen molar-refractivity contribution < 1.29 is 14.6 Å². The molecule has 0 bridgehead atoms. The zero-order chi connectivity index (χ0) is 19.0. The minimum atomic E-state index is -0.505. The Kier molecular flexibility index (Phi) is 4.24. The average Bonchev–Trinajstić information content (AvgIpc) is 2.86. The van der Waals surface area contributed by atoms with Gasteiger partial charge in [-0.2, -0.15) is 0 Å². The molecule has 1 aliphatic heterocycles. The topological polar surface area (TPSA) is 38.7 Å². The molecule has 0 spiro atoms. The van der Waals surface area contributed by atoms with Crippen LogP contribution in [0.4, 0.5) is 0 Å². The summed E-state index contributed by atoms with van der Waals surface area (Å²) in [6.45, 7) is 13.8. The molecule has 148 valence electrons. The van der Waals surface area contributed by atoms with Crippen LogP contribution in [-0.4, -0.2) is 29.2 Å².